The van der Waals surface area contributed by atoms with Gasteiger partial charge in [-0.05, 0) is 31.0 Å². The molecule has 1 fully saturated rings. The molecule has 1 aromatic rings. The standard InChI is InChI=1S/C12H16BrN3O3S.ClH/c13-9-4-8(12(15)17)5-11(6-9)20(18,19)16-3-1-2-10(14)7-16;/h4-6,10H,1-3,7,14H2,(H2,15,17);1H/t10-;/m1./s1. The Morgan fingerprint density at radius 2 is 2.00 bits per heavy atom. The molecule has 2 rings (SSSR count). The summed E-state index contributed by atoms with van der Waals surface area (Å²) in [6.45, 7) is 0.731. The van der Waals surface area contributed by atoms with E-state index in [0.29, 0.717) is 17.6 Å². The smallest absolute Gasteiger partial charge is 0.248 e. The van der Waals surface area contributed by atoms with Crippen molar-refractivity contribution in [3.63, 3.8) is 0 Å². The Hall–Kier alpha value is -0.670. The van der Waals surface area contributed by atoms with Crippen LogP contribution < -0.4 is 11.5 Å². The summed E-state index contributed by atoms with van der Waals surface area (Å²) in [5.41, 5.74) is 11.2. The van der Waals surface area contributed by atoms with Gasteiger partial charge in [-0.25, -0.2) is 8.42 Å². The van der Waals surface area contributed by atoms with E-state index >= 15 is 0 Å². The van der Waals surface area contributed by atoms with Gasteiger partial charge in [-0.2, -0.15) is 4.31 Å². The first kappa shape index (κ1) is 18.4. The number of benzene rings is 1. The van der Waals surface area contributed by atoms with E-state index in [9.17, 15) is 13.2 Å². The van der Waals surface area contributed by atoms with Gasteiger partial charge in [0.25, 0.3) is 0 Å². The molecule has 1 saturated heterocycles. The molecule has 0 bridgehead atoms. The first-order chi connectivity index (χ1) is 9.30. The minimum Gasteiger partial charge on any atom is -0.366 e. The van der Waals surface area contributed by atoms with E-state index in [0.717, 1.165) is 12.8 Å². The fraction of sp³-hybridized carbons (Fsp3) is 0.417. The Labute approximate surface area is 138 Å². The SMILES string of the molecule is Cl.NC(=O)c1cc(Br)cc(S(=O)(=O)N2CCC[C@@H](N)C2)c1. The maximum Gasteiger partial charge on any atom is 0.248 e. The quantitative estimate of drug-likeness (QED) is 0.794. The number of hydrogen-bond donors (Lipinski definition) is 2. The van der Waals surface area contributed by atoms with Crippen molar-refractivity contribution >= 4 is 44.3 Å². The van der Waals surface area contributed by atoms with Gasteiger partial charge in [0.1, 0.15) is 0 Å². The summed E-state index contributed by atoms with van der Waals surface area (Å²) in [5.74, 6) is -0.668. The van der Waals surface area contributed by atoms with Crippen molar-refractivity contribution in [3.8, 4) is 0 Å². The van der Waals surface area contributed by atoms with E-state index in [4.69, 9.17) is 11.5 Å². The number of amides is 1. The molecule has 0 aromatic heterocycles. The van der Waals surface area contributed by atoms with Gasteiger partial charge in [0.15, 0.2) is 0 Å². The molecule has 118 valence electrons. The van der Waals surface area contributed by atoms with Crippen LogP contribution in [0.3, 0.4) is 0 Å². The minimum atomic E-state index is -3.66. The van der Waals surface area contributed by atoms with Crippen molar-refractivity contribution in [2.75, 3.05) is 13.1 Å². The Balaban J connectivity index is 0.00000220. The van der Waals surface area contributed by atoms with Crippen LogP contribution in [0, 0.1) is 0 Å². The highest BCUT2D eigenvalue weighted by atomic mass is 79.9. The van der Waals surface area contributed by atoms with Gasteiger partial charge in [0.2, 0.25) is 15.9 Å². The summed E-state index contributed by atoms with van der Waals surface area (Å²) in [4.78, 5) is 11.3. The van der Waals surface area contributed by atoms with E-state index in [2.05, 4.69) is 15.9 Å². The molecule has 21 heavy (non-hydrogen) atoms. The third kappa shape index (κ3) is 4.17. The molecular formula is C12H17BrClN3O3S. The molecule has 0 radical (unpaired) electrons. The second kappa shape index (κ2) is 7.06. The van der Waals surface area contributed by atoms with Crippen LogP contribution in [0.25, 0.3) is 0 Å². The summed E-state index contributed by atoms with van der Waals surface area (Å²) in [6, 6.07) is 4.09. The maximum atomic E-state index is 12.6. The maximum absolute atomic E-state index is 12.6. The highest BCUT2D eigenvalue weighted by Crippen LogP contribution is 2.24. The van der Waals surface area contributed by atoms with E-state index in [1.54, 1.807) is 0 Å². The van der Waals surface area contributed by atoms with Gasteiger partial charge < -0.3 is 11.5 Å². The summed E-state index contributed by atoms with van der Waals surface area (Å²) in [5, 5.41) is 0. The van der Waals surface area contributed by atoms with Crippen molar-refractivity contribution in [2.24, 2.45) is 11.5 Å². The average Bonchev–Trinajstić information content (AvgIpc) is 2.38. The molecule has 4 N–H and O–H groups in total. The molecule has 1 aliphatic rings. The Kier molecular flexibility index (Phi) is 6.18. The lowest BCUT2D eigenvalue weighted by atomic mass is 10.1. The molecular weight excluding hydrogens is 382 g/mol. The molecule has 6 nitrogen and oxygen atoms in total. The fourth-order valence-corrected chi connectivity index (χ4v) is 4.45. The predicted molar refractivity (Wildman–Crippen MR) is 85.9 cm³/mol. The van der Waals surface area contributed by atoms with E-state index < -0.39 is 15.9 Å². The van der Waals surface area contributed by atoms with E-state index in [1.807, 2.05) is 0 Å². The second-order valence-corrected chi connectivity index (χ2v) is 7.66. The van der Waals surface area contributed by atoms with Crippen LogP contribution in [-0.2, 0) is 10.0 Å². The predicted octanol–water partition coefficient (Wildman–Crippen LogP) is 1.08. The molecule has 9 heteroatoms. The lowest BCUT2D eigenvalue weighted by Gasteiger charge is -2.30. The molecule has 0 aliphatic carbocycles. The lowest BCUT2D eigenvalue weighted by Crippen LogP contribution is -2.45. The van der Waals surface area contributed by atoms with Gasteiger partial charge >= 0.3 is 0 Å². The fourth-order valence-electron chi connectivity index (χ4n) is 2.20. The lowest BCUT2D eigenvalue weighted by molar-refractivity contribution is 0.1000. The van der Waals surface area contributed by atoms with Gasteiger partial charge in [-0.15, -0.1) is 12.4 Å². The molecule has 1 atom stereocenters. The number of piperidine rings is 1. The highest BCUT2D eigenvalue weighted by molar-refractivity contribution is 9.10. The van der Waals surface area contributed by atoms with Crippen LogP contribution in [-0.4, -0.2) is 37.8 Å². The molecule has 0 spiro atoms. The molecule has 1 aromatic carbocycles. The van der Waals surface area contributed by atoms with Crippen LogP contribution in [0.1, 0.15) is 23.2 Å². The zero-order valence-electron chi connectivity index (χ0n) is 11.2. The average molecular weight is 399 g/mol. The monoisotopic (exact) mass is 397 g/mol. The van der Waals surface area contributed by atoms with Crippen LogP contribution >= 0.6 is 28.3 Å². The Morgan fingerprint density at radius 1 is 1.33 bits per heavy atom. The summed E-state index contributed by atoms with van der Waals surface area (Å²) >= 11 is 3.19. The largest absolute Gasteiger partial charge is 0.366 e. The molecule has 0 unspecified atom stereocenters. The molecule has 1 heterocycles. The van der Waals surface area contributed by atoms with Crippen molar-refractivity contribution in [2.45, 2.75) is 23.8 Å². The van der Waals surface area contributed by atoms with Gasteiger partial charge in [0.05, 0.1) is 4.90 Å². The number of rotatable bonds is 3. The summed E-state index contributed by atoms with van der Waals surface area (Å²) in [7, 11) is -3.66. The van der Waals surface area contributed by atoms with Crippen LogP contribution in [0.4, 0.5) is 0 Å². The normalized spacial score (nSPS) is 19.8. The Morgan fingerprint density at radius 3 is 2.57 bits per heavy atom. The molecule has 1 aliphatic heterocycles. The zero-order valence-corrected chi connectivity index (χ0v) is 14.4. The number of halogens is 2. The van der Waals surface area contributed by atoms with Crippen LogP contribution in [0.5, 0.6) is 0 Å². The first-order valence-corrected chi connectivity index (χ1v) is 8.40. The summed E-state index contributed by atoms with van der Waals surface area (Å²) < 4.78 is 27.0. The highest BCUT2D eigenvalue weighted by Gasteiger charge is 2.29. The topological polar surface area (TPSA) is 106 Å². The Bertz CT molecular complexity index is 639. The number of carbonyl (C=O) groups is 1. The van der Waals surface area contributed by atoms with Crippen LogP contribution in [0.2, 0.25) is 0 Å². The number of carbonyl (C=O) groups excluding carboxylic acids is 1. The second-order valence-electron chi connectivity index (χ2n) is 4.81. The third-order valence-corrected chi connectivity index (χ3v) is 5.51. The zero-order chi connectivity index (χ0) is 14.9. The third-order valence-electron chi connectivity index (χ3n) is 3.21. The number of primary amides is 1. The minimum absolute atomic E-state index is 0. The first-order valence-electron chi connectivity index (χ1n) is 6.17. The number of hydrogen-bond acceptors (Lipinski definition) is 4. The molecule has 0 saturated carbocycles. The van der Waals surface area contributed by atoms with Crippen molar-refractivity contribution in [1.82, 2.24) is 4.31 Å². The van der Waals surface area contributed by atoms with Gasteiger partial charge in [0, 0.05) is 29.2 Å². The number of nitrogens with two attached hydrogens (primary N) is 2. The van der Waals surface area contributed by atoms with E-state index in [-0.39, 0.29) is 28.9 Å². The van der Waals surface area contributed by atoms with Crippen molar-refractivity contribution in [1.29, 1.82) is 0 Å². The van der Waals surface area contributed by atoms with Crippen LogP contribution in [0.15, 0.2) is 27.6 Å². The number of nitrogens with zero attached hydrogens (tertiary/aromatic N) is 1. The van der Waals surface area contributed by atoms with Crippen molar-refractivity contribution in [3.05, 3.63) is 28.2 Å². The van der Waals surface area contributed by atoms with E-state index in [1.165, 1.54) is 22.5 Å². The summed E-state index contributed by atoms with van der Waals surface area (Å²) in [6.07, 6.45) is 1.55. The van der Waals surface area contributed by atoms with Gasteiger partial charge in [-0.3, -0.25) is 4.79 Å². The molecule has 1 amide bonds. The van der Waals surface area contributed by atoms with Gasteiger partial charge in [-0.1, -0.05) is 15.9 Å². The number of sulfonamides is 1. The van der Waals surface area contributed by atoms with Crippen molar-refractivity contribution < 1.29 is 13.2 Å².